The number of benzene rings is 1. The lowest BCUT2D eigenvalue weighted by atomic mass is 10.1. The van der Waals surface area contributed by atoms with Gasteiger partial charge in [0.25, 0.3) is 0 Å². The molecule has 136 valence electrons. The number of anilines is 1. The van der Waals surface area contributed by atoms with Crippen LogP contribution in [0.3, 0.4) is 0 Å². The van der Waals surface area contributed by atoms with Gasteiger partial charge >= 0.3 is 0 Å². The van der Waals surface area contributed by atoms with E-state index in [4.69, 9.17) is 16.6 Å². The van der Waals surface area contributed by atoms with Crippen LogP contribution in [0.2, 0.25) is 5.02 Å². The third-order valence-electron chi connectivity index (χ3n) is 4.43. The van der Waals surface area contributed by atoms with Crippen LogP contribution in [0.15, 0.2) is 48.9 Å². The van der Waals surface area contributed by atoms with Gasteiger partial charge in [-0.05, 0) is 37.6 Å². The second kappa shape index (κ2) is 6.96. The molecule has 5 nitrogen and oxygen atoms in total. The Hall–Kier alpha value is -2.99. The summed E-state index contributed by atoms with van der Waals surface area (Å²) in [7, 11) is 0. The molecule has 0 unspecified atom stereocenters. The molecule has 7 heteroatoms. The number of nitrogens with zero attached hydrogens (tertiary/aromatic N) is 3. The molecule has 0 aliphatic heterocycles. The molecule has 0 spiro atoms. The van der Waals surface area contributed by atoms with Gasteiger partial charge in [-0.2, -0.15) is 0 Å². The molecule has 0 saturated carbocycles. The van der Waals surface area contributed by atoms with Crippen LogP contribution in [0, 0.1) is 12.7 Å². The lowest BCUT2D eigenvalue weighted by molar-refractivity contribution is 0.626. The molecule has 0 amide bonds. The molecule has 0 aliphatic rings. The molecule has 0 aliphatic carbocycles. The van der Waals surface area contributed by atoms with Crippen molar-refractivity contribution in [1.82, 2.24) is 19.9 Å². The highest BCUT2D eigenvalue weighted by Crippen LogP contribution is 2.29. The maximum absolute atomic E-state index is 13.1. The summed E-state index contributed by atoms with van der Waals surface area (Å²) in [4.78, 5) is 16.5. The molecule has 1 atom stereocenters. The second-order valence-corrected chi connectivity index (χ2v) is 6.83. The number of halogens is 2. The van der Waals surface area contributed by atoms with Crippen LogP contribution >= 0.6 is 11.6 Å². The van der Waals surface area contributed by atoms with Gasteiger partial charge in [-0.15, -0.1) is 0 Å². The number of hydrogen-bond acceptors (Lipinski definition) is 4. The predicted molar refractivity (Wildman–Crippen MR) is 105 cm³/mol. The number of pyridine rings is 1. The number of fused-ring (bicyclic) bond motifs is 1. The van der Waals surface area contributed by atoms with Crippen LogP contribution in [0.4, 0.5) is 10.2 Å². The smallest absolute Gasteiger partial charge is 0.163 e. The van der Waals surface area contributed by atoms with Gasteiger partial charge in [-0.1, -0.05) is 23.7 Å². The largest absolute Gasteiger partial charge is 0.363 e. The summed E-state index contributed by atoms with van der Waals surface area (Å²) in [5.41, 5.74) is 3.45. The first-order chi connectivity index (χ1) is 13.0. The Balaban J connectivity index is 1.68. The predicted octanol–water partition coefficient (Wildman–Crippen LogP) is 5.29. The van der Waals surface area contributed by atoms with Gasteiger partial charge in [0.15, 0.2) is 5.82 Å². The second-order valence-electron chi connectivity index (χ2n) is 6.39. The molecule has 4 rings (SSSR count). The fourth-order valence-electron chi connectivity index (χ4n) is 2.92. The standard InChI is InChI=1S/C20H17ClFN5/c1-11-8-23-20(17-10-25-19-16(17)7-14(21)9-24-19)27-18(11)26-12(2)13-3-5-15(22)6-4-13/h3-10,12H,1-2H3,(H,24,25)(H,23,26,27)/t12-/m0/s1. The summed E-state index contributed by atoms with van der Waals surface area (Å²) in [6, 6.07) is 8.23. The summed E-state index contributed by atoms with van der Waals surface area (Å²) in [6.45, 7) is 3.95. The van der Waals surface area contributed by atoms with Gasteiger partial charge in [-0.3, -0.25) is 0 Å². The summed E-state index contributed by atoms with van der Waals surface area (Å²) in [6.07, 6.45) is 5.20. The van der Waals surface area contributed by atoms with Crippen molar-refractivity contribution in [2.45, 2.75) is 19.9 Å². The normalized spacial score (nSPS) is 12.3. The maximum Gasteiger partial charge on any atom is 0.163 e. The molecule has 27 heavy (non-hydrogen) atoms. The number of nitrogens with one attached hydrogen (secondary N) is 2. The first kappa shape index (κ1) is 17.4. The van der Waals surface area contributed by atoms with Crippen LogP contribution in [-0.4, -0.2) is 19.9 Å². The molecule has 0 fully saturated rings. The van der Waals surface area contributed by atoms with Crippen LogP contribution in [0.1, 0.15) is 24.1 Å². The zero-order valence-corrected chi connectivity index (χ0v) is 15.5. The maximum atomic E-state index is 13.1. The first-order valence-electron chi connectivity index (χ1n) is 8.50. The highest BCUT2D eigenvalue weighted by Gasteiger charge is 2.14. The average Bonchev–Trinajstić information content (AvgIpc) is 3.07. The Morgan fingerprint density at radius 1 is 1.15 bits per heavy atom. The molecule has 3 aromatic heterocycles. The van der Waals surface area contributed by atoms with E-state index in [1.165, 1.54) is 12.1 Å². The van der Waals surface area contributed by atoms with E-state index in [-0.39, 0.29) is 11.9 Å². The minimum atomic E-state index is -0.252. The van der Waals surface area contributed by atoms with Crippen molar-refractivity contribution in [2.24, 2.45) is 0 Å². The number of aromatic nitrogens is 4. The summed E-state index contributed by atoms with van der Waals surface area (Å²) < 4.78 is 13.1. The molecule has 0 bridgehead atoms. The van der Waals surface area contributed by atoms with Crippen LogP contribution < -0.4 is 5.32 Å². The van der Waals surface area contributed by atoms with Gasteiger partial charge in [0.1, 0.15) is 17.3 Å². The van der Waals surface area contributed by atoms with Crippen molar-refractivity contribution in [3.63, 3.8) is 0 Å². The first-order valence-corrected chi connectivity index (χ1v) is 8.87. The molecule has 3 heterocycles. The number of H-pyrrole nitrogens is 1. The van der Waals surface area contributed by atoms with Gasteiger partial charge < -0.3 is 10.3 Å². The van der Waals surface area contributed by atoms with Crippen molar-refractivity contribution in [1.29, 1.82) is 0 Å². The topological polar surface area (TPSA) is 66.5 Å². The Bertz CT molecular complexity index is 1110. The Kier molecular flexibility index (Phi) is 4.49. The van der Waals surface area contributed by atoms with E-state index in [1.807, 2.05) is 26.1 Å². The lowest BCUT2D eigenvalue weighted by Gasteiger charge is -2.17. The molecule has 1 aromatic carbocycles. The molecule has 0 saturated heterocycles. The Labute approximate surface area is 160 Å². The number of rotatable bonds is 4. The van der Waals surface area contributed by atoms with Gasteiger partial charge in [0, 0.05) is 41.1 Å². The molecular weight excluding hydrogens is 365 g/mol. The van der Waals surface area contributed by atoms with E-state index in [2.05, 4.69) is 20.3 Å². The fraction of sp³-hybridized carbons (Fsp3) is 0.150. The Morgan fingerprint density at radius 2 is 1.93 bits per heavy atom. The van der Waals surface area contributed by atoms with Crippen molar-refractivity contribution in [3.8, 4) is 11.4 Å². The van der Waals surface area contributed by atoms with Crippen molar-refractivity contribution >= 4 is 28.5 Å². The minimum Gasteiger partial charge on any atom is -0.363 e. The van der Waals surface area contributed by atoms with E-state index in [0.29, 0.717) is 10.8 Å². The highest BCUT2D eigenvalue weighted by molar-refractivity contribution is 6.31. The minimum absolute atomic E-state index is 0.0360. The third kappa shape index (κ3) is 3.48. The van der Waals surface area contributed by atoms with Crippen molar-refractivity contribution in [2.75, 3.05) is 5.32 Å². The van der Waals surface area contributed by atoms with E-state index in [0.717, 1.165) is 33.5 Å². The van der Waals surface area contributed by atoms with Crippen molar-refractivity contribution in [3.05, 3.63) is 70.9 Å². The number of aromatic amines is 1. The van der Waals surface area contributed by atoms with Gasteiger partial charge in [-0.25, -0.2) is 19.3 Å². The number of hydrogen-bond donors (Lipinski definition) is 2. The zero-order valence-electron chi connectivity index (χ0n) is 14.8. The number of aryl methyl sites for hydroxylation is 1. The average molecular weight is 382 g/mol. The summed E-state index contributed by atoms with van der Waals surface area (Å²) in [5.74, 6) is 1.05. The Morgan fingerprint density at radius 3 is 2.70 bits per heavy atom. The lowest BCUT2D eigenvalue weighted by Crippen LogP contribution is -2.10. The summed E-state index contributed by atoms with van der Waals surface area (Å²) >= 11 is 6.08. The SMILES string of the molecule is Cc1cnc(-c2c[nH]c3ncc(Cl)cc23)nc1N[C@@H](C)c1ccc(F)cc1. The highest BCUT2D eigenvalue weighted by atomic mass is 35.5. The van der Waals surface area contributed by atoms with E-state index in [9.17, 15) is 4.39 Å². The van der Waals surface area contributed by atoms with Crippen LogP contribution in [0.5, 0.6) is 0 Å². The molecule has 2 N–H and O–H groups in total. The van der Waals surface area contributed by atoms with Gasteiger partial charge in [0.05, 0.1) is 5.02 Å². The van der Waals surface area contributed by atoms with Gasteiger partial charge in [0.2, 0.25) is 0 Å². The third-order valence-corrected chi connectivity index (χ3v) is 4.64. The molecular formula is C20H17ClFN5. The van der Waals surface area contributed by atoms with E-state index < -0.39 is 0 Å². The molecule has 0 radical (unpaired) electrons. The molecule has 4 aromatic rings. The van der Waals surface area contributed by atoms with Crippen LogP contribution in [0.25, 0.3) is 22.4 Å². The summed E-state index contributed by atoms with van der Waals surface area (Å²) in [5, 5.41) is 4.80. The van der Waals surface area contributed by atoms with Crippen molar-refractivity contribution < 1.29 is 4.39 Å². The quantitative estimate of drug-likeness (QED) is 0.503. The van der Waals surface area contributed by atoms with Crippen LogP contribution in [-0.2, 0) is 0 Å². The fourth-order valence-corrected chi connectivity index (χ4v) is 3.08. The van der Waals surface area contributed by atoms with E-state index in [1.54, 1.807) is 24.5 Å². The monoisotopic (exact) mass is 381 g/mol. The van der Waals surface area contributed by atoms with E-state index >= 15 is 0 Å². The zero-order chi connectivity index (χ0) is 19.0.